The lowest BCUT2D eigenvalue weighted by atomic mass is 10.1. The van der Waals surface area contributed by atoms with Gasteiger partial charge in [0.1, 0.15) is 5.37 Å². The molecule has 0 saturated carbocycles. The summed E-state index contributed by atoms with van der Waals surface area (Å²) in [6.45, 7) is 4.69. The minimum atomic E-state index is -0.0241. The van der Waals surface area contributed by atoms with E-state index in [1.807, 2.05) is 64.8 Å². The van der Waals surface area contributed by atoms with Crippen molar-refractivity contribution in [2.24, 2.45) is 0 Å². The van der Waals surface area contributed by atoms with Crippen molar-refractivity contribution in [3.8, 4) is 5.69 Å². The van der Waals surface area contributed by atoms with Crippen LogP contribution in [-0.2, 0) is 11.3 Å². The van der Waals surface area contributed by atoms with Crippen LogP contribution in [0.5, 0.6) is 0 Å². The number of aryl methyl sites for hydroxylation is 1. The van der Waals surface area contributed by atoms with Crippen molar-refractivity contribution in [1.82, 2.24) is 19.7 Å². The Morgan fingerprint density at radius 3 is 2.70 bits per heavy atom. The lowest BCUT2D eigenvalue weighted by Crippen LogP contribution is -2.37. The molecule has 0 bridgehead atoms. The first-order valence-corrected chi connectivity index (χ1v) is 10.1. The van der Waals surface area contributed by atoms with Crippen molar-refractivity contribution in [3.05, 3.63) is 77.4 Å². The Hall–Kier alpha value is -2.60. The Morgan fingerprint density at radius 2 is 1.96 bits per heavy atom. The molecule has 0 spiro atoms. The zero-order valence-electron chi connectivity index (χ0n) is 15.5. The van der Waals surface area contributed by atoms with E-state index in [1.165, 1.54) is 0 Å². The number of thioether (sulfide) groups is 1. The van der Waals surface area contributed by atoms with Gasteiger partial charge in [0.2, 0.25) is 5.91 Å². The van der Waals surface area contributed by atoms with Gasteiger partial charge in [-0.25, -0.2) is 4.68 Å². The van der Waals surface area contributed by atoms with E-state index in [4.69, 9.17) is 5.10 Å². The van der Waals surface area contributed by atoms with Gasteiger partial charge in [0, 0.05) is 42.4 Å². The normalized spacial score (nSPS) is 17.3. The van der Waals surface area contributed by atoms with Gasteiger partial charge in [-0.05, 0) is 37.6 Å². The molecule has 1 aliphatic rings. The topological polar surface area (TPSA) is 51.0 Å². The summed E-state index contributed by atoms with van der Waals surface area (Å²) in [7, 11) is 0. The van der Waals surface area contributed by atoms with Crippen molar-refractivity contribution in [1.29, 1.82) is 0 Å². The van der Waals surface area contributed by atoms with Crippen molar-refractivity contribution < 1.29 is 4.79 Å². The summed E-state index contributed by atoms with van der Waals surface area (Å²) in [5, 5.41) is 4.75. The standard InChI is InChI=1S/C21H22N4OS/c1-15-20(16(2)25(23-15)18-8-4-3-5-9-18)21-24(19(26)10-12-27-21)14-17-7-6-11-22-13-17/h3-9,11,13,21H,10,12,14H2,1-2H3. The van der Waals surface area contributed by atoms with Gasteiger partial charge in [0.05, 0.1) is 11.4 Å². The lowest BCUT2D eigenvalue weighted by Gasteiger charge is -2.35. The number of amides is 1. The Kier molecular flexibility index (Phi) is 4.99. The fraction of sp³-hybridized carbons (Fsp3) is 0.286. The lowest BCUT2D eigenvalue weighted by molar-refractivity contribution is -0.132. The minimum Gasteiger partial charge on any atom is -0.322 e. The molecule has 0 aliphatic carbocycles. The summed E-state index contributed by atoms with van der Waals surface area (Å²) in [5.41, 5.74) is 5.28. The molecule has 1 unspecified atom stereocenters. The van der Waals surface area contributed by atoms with Crippen LogP contribution in [0.1, 0.15) is 34.3 Å². The van der Waals surface area contributed by atoms with Crippen LogP contribution in [0.25, 0.3) is 5.69 Å². The van der Waals surface area contributed by atoms with Gasteiger partial charge in [-0.1, -0.05) is 24.3 Å². The number of aromatic nitrogens is 3. The summed E-state index contributed by atoms with van der Waals surface area (Å²) < 4.78 is 1.98. The summed E-state index contributed by atoms with van der Waals surface area (Å²) in [4.78, 5) is 18.9. The molecule has 1 atom stereocenters. The third-order valence-electron chi connectivity index (χ3n) is 4.87. The number of carbonyl (C=O) groups is 1. The van der Waals surface area contributed by atoms with E-state index in [0.29, 0.717) is 13.0 Å². The molecule has 2 aromatic heterocycles. The second-order valence-electron chi connectivity index (χ2n) is 6.69. The second-order valence-corrected chi connectivity index (χ2v) is 7.88. The predicted octanol–water partition coefficient (Wildman–Crippen LogP) is 4.05. The van der Waals surface area contributed by atoms with E-state index in [-0.39, 0.29) is 11.3 Å². The van der Waals surface area contributed by atoms with E-state index in [9.17, 15) is 4.79 Å². The average Bonchev–Trinajstić information content (AvgIpc) is 2.99. The van der Waals surface area contributed by atoms with Crippen LogP contribution in [0.2, 0.25) is 0 Å². The first-order valence-electron chi connectivity index (χ1n) is 9.06. The van der Waals surface area contributed by atoms with Gasteiger partial charge in [-0.3, -0.25) is 9.78 Å². The quantitative estimate of drug-likeness (QED) is 0.687. The largest absolute Gasteiger partial charge is 0.322 e. The van der Waals surface area contributed by atoms with Crippen LogP contribution in [0.15, 0.2) is 54.9 Å². The molecule has 4 rings (SSSR count). The Balaban J connectivity index is 1.72. The zero-order chi connectivity index (χ0) is 18.8. The highest BCUT2D eigenvalue weighted by Gasteiger charge is 2.33. The first kappa shape index (κ1) is 17.8. The molecule has 1 saturated heterocycles. The van der Waals surface area contributed by atoms with Gasteiger partial charge >= 0.3 is 0 Å². The number of hydrogen-bond donors (Lipinski definition) is 0. The molecule has 0 radical (unpaired) electrons. The van der Waals surface area contributed by atoms with Gasteiger partial charge in [-0.2, -0.15) is 5.10 Å². The van der Waals surface area contributed by atoms with E-state index in [2.05, 4.69) is 24.0 Å². The van der Waals surface area contributed by atoms with Crippen LogP contribution >= 0.6 is 11.8 Å². The van der Waals surface area contributed by atoms with Gasteiger partial charge < -0.3 is 4.90 Å². The maximum Gasteiger partial charge on any atom is 0.224 e. The van der Waals surface area contributed by atoms with Crippen LogP contribution < -0.4 is 0 Å². The molecule has 1 amide bonds. The first-order chi connectivity index (χ1) is 13.1. The molecule has 3 heterocycles. The van der Waals surface area contributed by atoms with Gasteiger partial charge in [-0.15, -0.1) is 11.8 Å². The SMILES string of the molecule is Cc1nn(-c2ccccc2)c(C)c1C1SCCC(=O)N1Cc1cccnc1. The summed E-state index contributed by atoms with van der Waals surface area (Å²) >= 11 is 1.82. The van der Waals surface area contributed by atoms with E-state index < -0.39 is 0 Å². The number of carbonyl (C=O) groups excluding carboxylic acids is 1. The van der Waals surface area contributed by atoms with Crippen molar-refractivity contribution in [2.45, 2.75) is 32.2 Å². The fourth-order valence-corrected chi connectivity index (χ4v) is 4.95. The maximum atomic E-state index is 12.7. The van der Waals surface area contributed by atoms with E-state index in [1.54, 1.807) is 6.20 Å². The fourth-order valence-electron chi connectivity index (χ4n) is 3.55. The van der Waals surface area contributed by atoms with Crippen molar-refractivity contribution >= 4 is 17.7 Å². The number of rotatable bonds is 4. The number of pyridine rings is 1. The van der Waals surface area contributed by atoms with E-state index in [0.717, 1.165) is 34.0 Å². The van der Waals surface area contributed by atoms with Crippen LogP contribution in [-0.4, -0.2) is 31.3 Å². The number of para-hydroxylation sites is 1. The summed E-state index contributed by atoms with van der Waals surface area (Å²) in [6, 6.07) is 14.1. The summed E-state index contributed by atoms with van der Waals surface area (Å²) in [6.07, 6.45) is 4.16. The molecule has 6 heteroatoms. The van der Waals surface area contributed by atoms with Crippen LogP contribution in [0, 0.1) is 13.8 Å². The molecular formula is C21H22N4OS. The van der Waals surface area contributed by atoms with Crippen LogP contribution in [0.3, 0.4) is 0 Å². The zero-order valence-corrected chi connectivity index (χ0v) is 16.3. The van der Waals surface area contributed by atoms with Gasteiger partial charge in [0.15, 0.2) is 0 Å². The average molecular weight is 379 g/mol. The highest BCUT2D eigenvalue weighted by Crippen LogP contribution is 2.41. The second kappa shape index (κ2) is 7.56. The number of nitrogens with zero attached hydrogens (tertiary/aromatic N) is 4. The Morgan fingerprint density at radius 1 is 1.15 bits per heavy atom. The molecule has 1 fully saturated rings. The summed E-state index contributed by atoms with van der Waals surface area (Å²) in [5.74, 6) is 1.02. The molecular weight excluding hydrogens is 356 g/mol. The monoisotopic (exact) mass is 378 g/mol. The smallest absolute Gasteiger partial charge is 0.224 e. The Labute approximate surface area is 163 Å². The molecule has 3 aromatic rings. The Bertz CT molecular complexity index is 940. The molecule has 138 valence electrons. The van der Waals surface area contributed by atoms with Crippen LogP contribution in [0.4, 0.5) is 0 Å². The maximum absolute atomic E-state index is 12.7. The third-order valence-corrected chi connectivity index (χ3v) is 6.11. The molecule has 1 aromatic carbocycles. The minimum absolute atomic E-state index is 0.0241. The highest BCUT2D eigenvalue weighted by molar-refractivity contribution is 7.99. The van der Waals surface area contributed by atoms with E-state index >= 15 is 0 Å². The molecule has 5 nitrogen and oxygen atoms in total. The van der Waals surface area contributed by atoms with Crippen molar-refractivity contribution in [2.75, 3.05) is 5.75 Å². The highest BCUT2D eigenvalue weighted by atomic mass is 32.2. The molecule has 0 N–H and O–H groups in total. The number of hydrogen-bond acceptors (Lipinski definition) is 4. The van der Waals surface area contributed by atoms with Gasteiger partial charge in [0.25, 0.3) is 0 Å². The molecule has 1 aliphatic heterocycles. The third kappa shape index (κ3) is 3.49. The van der Waals surface area contributed by atoms with Crippen molar-refractivity contribution in [3.63, 3.8) is 0 Å². The number of benzene rings is 1. The molecule has 27 heavy (non-hydrogen) atoms. The predicted molar refractivity (Wildman–Crippen MR) is 108 cm³/mol.